The number of aryl methyl sites for hydroxylation is 2. The summed E-state index contributed by atoms with van der Waals surface area (Å²) in [4.78, 5) is 42.2. The van der Waals surface area contributed by atoms with E-state index in [0.29, 0.717) is 49.0 Å². The standard InChI is InChI=1S/C33H37ClFN5O3/c1-19-15-33(16-19)18-39(22-7-8-23(34)24(35)14-22)26-10-9-25(37-29(26)33)30(41)40-12-11-38(17-32(40,4)5)27-13-20(2)28(21(3)36-27)31(42)43-6/h7-10,13-14,19H,11-12,15-18H2,1-6H3. The number of rotatable bonds is 4. The van der Waals surface area contributed by atoms with Crippen LogP contribution >= 0.6 is 11.6 Å². The van der Waals surface area contributed by atoms with Crippen LogP contribution in [-0.2, 0) is 10.2 Å². The lowest BCUT2D eigenvalue weighted by Crippen LogP contribution is -2.61. The van der Waals surface area contributed by atoms with Gasteiger partial charge in [-0.2, -0.15) is 0 Å². The van der Waals surface area contributed by atoms with E-state index < -0.39 is 17.3 Å². The van der Waals surface area contributed by atoms with E-state index in [1.54, 1.807) is 12.1 Å². The van der Waals surface area contributed by atoms with Gasteiger partial charge in [0.2, 0.25) is 0 Å². The Morgan fingerprint density at radius 1 is 1.05 bits per heavy atom. The molecule has 1 spiro atoms. The SMILES string of the molecule is COC(=O)c1c(C)cc(N2CCN(C(=O)c3ccc4c(n3)C3(CC(C)C3)CN4c3ccc(Cl)c(F)c3)C(C)(C)C2)nc1C. The number of halogens is 2. The maximum Gasteiger partial charge on any atom is 0.339 e. The number of carbonyl (C=O) groups is 2. The lowest BCUT2D eigenvalue weighted by molar-refractivity contribution is 0.0505. The number of nitrogens with zero attached hydrogens (tertiary/aromatic N) is 5. The number of benzene rings is 1. The zero-order chi connectivity index (χ0) is 30.8. The highest BCUT2D eigenvalue weighted by Gasteiger charge is 2.52. The van der Waals surface area contributed by atoms with Crippen molar-refractivity contribution in [3.8, 4) is 0 Å². The molecule has 1 saturated heterocycles. The second-order valence-electron chi connectivity index (χ2n) is 13.0. The highest BCUT2D eigenvalue weighted by atomic mass is 35.5. The summed E-state index contributed by atoms with van der Waals surface area (Å²) in [7, 11) is 1.37. The minimum absolute atomic E-state index is 0.0937. The molecule has 0 unspecified atom stereocenters. The summed E-state index contributed by atoms with van der Waals surface area (Å²) in [6.07, 6.45) is 1.95. The number of hydrogen-bond donors (Lipinski definition) is 0. The summed E-state index contributed by atoms with van der Waals surface area (Å²) in [6.45, 7) is 12.4. The van der Waals surface area contributed by atoms with Crippen LogP contribution in [0.1, 0.15) is 71.4 Å². The molecule has 0 radical (unpaired) electrons. The van der Waals surface area contributed by atoms with E-state index in [9.17, 15) is 14.0 Å². The van der Waals surface area contributed by atoms with Crippen molar-refractivity contribution in [3.05, 3.63) is 75.4 Å². The number of esters is 1. The number of ether oxygens (including phenoxy) is 1. The molecule has 0 bridgehead atoms. The summed E-state index contributed by atoms with van der Waals surface area (Å²) in [5, 5.41) is 0.0937. The maximum absolute atomic E-state index is 14.4. The molecule has 1 aliphatic carbocycles. The zero-order valence-corrected chi connectivity index (χ0v) is 26.3. The largest absolute Gasteiger partial charge is 0.465 e. The molecule has 8 nitrogen and oxygen atoms in total. The first kappa shape index (κ1) is 29.4. The summed E-state index contributed by atoms with van der Waals surface area (Å²) in [5.74, 6) is 0.383. The van der Waals surface area contributed by atoms with Crippen molar-refractivity contribution >= 4 is 40.7 Å². The van der Waals surface area contributed by atoms with Gasteiger partial charge in [0.05, 0.1) is 40.3 Å². The normalized spacial score (nSPS) is 22.4. The predicted octanol–water partition coefficient (Wildman–Crippen LogP) is 6.23. The Labute approximate surface area is 256 Å². The lowest BCUT2D eigenvalue weighted by atomic mass is 9.61. The van der Waals surface area contributed by atoms with Crippen LogP contribution in [-0.4, -0.2) is 65.6 Å². The minimum atomic E-state index is -0.504. The van der Waals surface area contributed by atoms with Gasteiger partial charge in [-0.25, -0.2) is 19.2 Å². The summed E-state index contributed by atoms with van der Waals surface area (Å²) >= 11 is 5.96. The molecule has 10 heteroatoms. The Hall–Kier alpha value is -3.72. The topological polar surface area (TPSA) is 78.9 Å². The van der Waals surface area contributed by atoms with Crippen molar-refractivity contribution in [1.82, 2.24) is 14.9 Å². The van der Waals surface area contributed by atoms with Gasteiger partial charge in [0.1, 0.15) is 17.3 Å². The third-order valence-corrected chi connectivity index (χ3v) is 9.59. The highest BCUT2D eigenvalue weighted by Crippen LogP contribution is 2.56. The van der Waals surface area contributed by atoms with Crippen LogP contribution in [0.25, 0.3) is 0 Å². The van der Waals surface area contributed by atoms with E-state index in [1.165, 1.54) is 13.2 Å². The van der Waals surface area contributed by atoms with Gasteiger partial charge >= 0.3 is 5.97 Å². The number of aromatic nitrogens is 2. The Kier molecular flexibility index (Phi) is 7.15. The molecule has 226 valence electrons. The van der Waals surface area contributed by atoms with E-state index in [0.717, 1.165) is 41.3 Å². The summed E-state index contributed by atoms with van der Waals surface area (Å²) < 4.78 is 19.3. The van der Waals surface area contributed by atoms with Gasteiger partial charge in [-0.15, -0.1) is 0 Å². The van der Waals surface area contributed by atoms with Gasteiger partial charge in [0.25, 0.3) is 5.91 Å². The fraction of sp³-hybridized carbons (Fsp3) is 0.455. The number of piperazine rings is 1. The molecule has 0 atom stereocenters. The first-order valence-electron chi connectivity index (χ1n) is 14.7. The lowest BCUT2D eigenvalue weighted by Gasteiger charge is -2.47. The number of amides is 1. The number of carbonyl (C=O) groups excluding carboxylic acids is 2. The number of hydrogen-bond acceptors (Lipinski definition) is 7. The molecule has 2 fully saturated rings. The smallest absolute Gasteiger partial charge is 0.339 e. The summed E-state index contributed by atoms with van der Waals surface area (Å²) in [5.41, 5.74) is 4.25. The van der Waals surface area contributed by atoms with Crippen LogP contribution < -0.4 is 9.80 Å². The van der Waals surface area contributed by atoms with Crippen LogP contribution in [0.2, 0.25) is 5.02 Å². The van der Waals surface area contributed by atoms with E-state index in [-0.39, 0.29) is 16.3 Å². The van der Waals surface area contributed by atoms with Crippen molar-refractivity contribution < 1.29 is 18.7 Å². The van der Waals surface area contributed by atoms with E-state index in [2.05, 4.69) is 30.6 Å². The quantitative estimate of drug-likeness (QED) is 0.326. The van der Waals surface area contributed by atoms with Gasteiger partial charge in [0.15, 0.2) is 0 Å². The van der Waals surface area contributed by atoms with Crippen molar-refractivity contribution in [2.75, 3.05) is 43.1 Å². The number of anilines is 3. The molecule has 1 saturated carbocycles. The van der Waals surface area contributed by atoms with Crippen LogP contribution in [0.4, 0.5) is 21.6 Å². The van der Waals surface area contributed by atoms with Crippen LogP contribution in [0, 0.1) is 25.6 Å². The van der Waals surface area contributed by atoms with Crippen molar-refractivity contribution in [1.29, 1.82) is 0 Å². The van der Waals surface area contributed by atoms with Gasteiger partial charge in [-0.3, -0.25) is 4.79 Å². The molecule has 3 aliphatic rings. The molecule has 1 aromatic carbocycles. The van der Waals surface area contributed by atoms with Gasteiger partial charge in [-0.05, 0) is 88.4 Å². The van der Waals surface area contributed by atoms with Crippen LogP contribution in [0.3, 0.4) is 0 Å². The number of fused-ring (bicyclic) bond motifs is 2. The van der Waals surface area contributed by atoms with Crippen LogP contribution in [0.5, 0.6) is 0 Å². The zero-order valence-electron chi connectivity index (χ0n) is 25.5. The average molecular weight is 606 g/mol. The average Bonchev–Trinajstić information content (AvgIpc) is 3.27. The van der Waals surface area contributed by atoms with Crippen molar-refractivity contribution in [2.24, 2.45) is 5.92 Å². The Morgan fingerprint density at radius 3 is 2.42 bits per heavy atom. The number of methoxy groups -OCH3 is 1. The molecular formula is C33H37ClFN5O3. The third kappa shape index (κ3) is 4.91. The van der Waals surface area contributed by atoms with Crippen molar-refractivity contribution in [2.45, 2.75) is 58.4 Å². The highest BCUT2D eigenvalue weighted by molar-refractivity contribution is 6.30. The van der Waals surface area contributed by atoms with Crippen LogP contribution in [0.15, 0.2) is 36.4 Å². The van der Waals surface area contributed by atoms with Gasteiger partial charge in [-0.1, -0.05) is 18.5 Å². The molecule has 2 aliphatic heterocycles. The molecule has 0 N–H and O–H groups in total. The third-order valence-electron chi connectivity index (χ3n) is 9.28. The maximum atomic E-state index is 14.4. The first-order chi connectivity index (χ1) is 20.3. The Balaban J connectivity index is 1.26. The molecule has 4 heterocycles. The monoisotopic (exact) mass is 605 g/mol. The minimum Gasteiger partial charge on any atom is -0.465 e. The fourth-order valence-corrected chi connectivity index (χ4v) is 7.49. The van der Waals surface area contributed by atoms with E-state index >= 15 is 0 Å². The van der Waals surface area contributed by atoms with Crippen molar-refractivity contribution in [3.63, 3.8) is 0 Å². The van der Waals surface area contributed by atoms with E-state index in [4.69, 9.17) is 26.3 Å². The summed E-state index contributed by atoms with van der Waals surface area (Å²) in [6, 6.07) is 10.5. The fourth-order valence-electron chi connectivity index (χ4n) is 7.37. The number of pyridine rings is 2. The Bertz CT molecular complexity index is 1610. The van der Waals surface area contributed by atoms with Gasteiger partial charge < -0.3 is 19.4 Å². The second-order valence-corrected chi connectivity index (χ2v) is 13.4. The Morgan fingerprint density at radius 2 is 1.79 bits per heavy atom. The first-order valence-corrected chi connectivity index (χ1v) is 15.1. The predicted molar refractivity (Wildman–Crippen MR) is 165 cm³/mol. The molecule has 6 rings (SSSR count). The molecule has 43 heavy (non-hydrogen) atoms. The molecular weight excluding hydrogens is 569 g/mol. The molecule has 1 amide bonds. The van der Waals surface area contributed by atoms with E-state index in [1.807, 2.05) is 36.9 Å². The molecule has 3 aromatic rings. The molecule has 2 aromatic heterocycles. The van der Waals surface area contributed by atoms with Gasteiger partial charge in [0, 0.05) is 37.3 Å². The second kappa shape index (κ2) is 10.5.